The Balaban J connectivity index is 1.42. The van der Waals surface area contributed by atoms with Gasteiger partial charge in [0.1, 0.15) is 0 Å². The number of aryl methyl sites for hydroxylation is 1. The van der Waals surface area contributed by atoms with Gasteiger partial charge >= 0.3 is 0 Å². The molecule has 0 unspecified atom stereocenters. The average molecular weight is 557 g/mol. The van der Waals surface area contributed by atoms with Gasteiger partial charge in [0.05, 0.1) is 15.1 Å². The molecule has 0 atom stereocenters. The molecule has 0 bridgehead atoms. The number of benzene rings is 3. The van der Waals surface area contributed by atoms with Crippen molar-refractivity contribution in [2.24, 2.45) is 4.99 Å². The van der Waals surface area contributed by atoms with Gasteiger partial charge < -0.3 is 4.57 Å². The summed E-state index contributed by atoms with van der Waals surface area (Å²) < 4.78 is 31.9. The van der Waals surface area contributed by atoms with Crippen LogP contribution >= 0.6 is 27.3 Å². The number of fused-ring (bicyclic) bond motifs is 2. The number of sulfonamides is 1. The van der Waals surface area contributed by atoms with Gasteiger partial charge in [-0.1, -0.05) is 41.7 Å². The van der Waals surface area contributed by atoms with Crippen LogP contribution in [0.2, 0.25) is 0 Å². The summed E-state index contributed by atoms with van der Waals surface area (Å²) in [6, 6.07) is 19.9. The highest BCUT2D eigenvalue weighted by molar-refractivity contribution is 9.10. The van der Waals surface area contributed by atoms with E-state index in [1.165, 1.54) is 45.5 Å². The SMILES string of the molecule is CCn1c(=NC(=O)c2ccc(S(=O)(=O)N3CCc4ccccc4C3)cc2)sc2cccc(Br)c21. The molecule has 4 aromatic rings. The lowest BCUT2D eigenvalue weighted by Crippen LogP contribution is -2.35. The zero-order valence-corrected chi connectivity index (χ0v) is 21.7. The molecule has 0 spiro atoms. The van der Waals surface area contributed by atoms with Crippen molar-refractivity contribution >= 4 is 53.4 Å². The van der Waals surface area contributed by atoms with Crippen LogP contribution in [0.25, 0.3) is 10.2 Å². The summed E-state index contributed by atoms with van der Waals surface area (Å²) in [5, 5.41) is 0. The summed E-state index contributed by atoms with van der Waals surface area (Å²) in [6.07, 6.45) is 0.688. The van der Waals surface area contributed by atoms with Crippen molar-refractivity contribution in [3.05, 3.63) is 92.7 Å². The highest BCUT2D eigenvalue weighted by Gasteiger charge is 2.28. The third-order valence-corrected chi connectivity index (χ3v) is 9.54. The number of amides is 1. The van der Waals surface area contributed by atoms with Crippen LogP contribution in [0.15, 0.2) is 81.1 Å². The van der Waals surface area contributed by atoms with Crippen LogP contribution < -0.4 is 4.80 Å². The summed E-state index contributed by atoms with van der Waals surface area (Å²) in [6.45, 7) is 3.47. The number of rotatable bonds is 4. The first kappa shape index (κ1) is 23.2. The Bertz CT molecular complexity index is 1570. The van der Waals surface area contributed by atoms with Crippen molar-refractivity contribution in [1.29, 1.82) is 0 Å². The molecule has 9 heteroatoms. The standard InChI is InChI=1S/C25H22BrN3O3S2/c1-2-29-23-21(26)8-5-9-22(23)33-25(29)27-24(30)18-10-12-20(13-11-18)34(31,32)28-15-14-17-6-3-4-7-19(17)16-28/h3-13H,2,14-16H2,1H3. The van der Waals surface area contributed by atoms with E-state index in [-0.39, 0.29) is 4.90 Å². The van der Waals surface area contributed by atoms with Crippen LogP contribution in [0, 0.1) is 0 Å². The lowest BCUT2D eigenvalue weighted by molar-refractivity contribution is 0.0997. The molecule has 0 aliphatic carbocycles. The summed E-state index contributed by atoms with van der Waals surface area (Å²) in [7, 11) is -3.65. The molecule has 5 rings (SSSR count). The number of hydrogen-bond acceptors (Lipinski definition) is 4. The van der Waals surface area contributed by atoms with Crippen molar-refractivity contribution in [2.45, 2.75) is 31.3 Å². The molecule has 0 saturated carbocycles. The van der Waals surface area contributed by atoms with Crippen molar-refractivity contribution in [1.82, 2.24) is 8.87 Å². The second-order valence-corrected chi connectivity index (χ2v) is 11.8. The van der Waals surface area contributed by atoms with E-state index in [1.807, 2.05) is 54.0 Å². The zero-order chi connectivity index (χ0) is 23.9. The summed E-state index contributed by atoms with van der Waals surface area (Å²) in [5.41, 5.74) is 3.57. The molecular formula is C25H22BrN3O3S2. The van der Waals surface area contributed by atoms with Crippen LogP contribution in [0.3, 0.4) is 0 Å². The topological polar surface area (TPSA) is 71.7 Å². The number of hydrogen-bond donors (Lipinski definition) is 0. The largest absolute Gasteiger partial charge is 0.316 e. The van der Waals surface area contributed by atoms with E-state index >= 15 is 0 Å². The summed E-state index contributed by atoms with van der Waals surface area (Å²) in [4.78, 5) is 18.0. The molecule has 1 aromatic heterocycles. The molecule has 0 radical (unpaired) electrons. The van der Waals surface area contributed by atoms with E-state index in [2.05, 4.69) is 20.9 Å². The maximum Gasteiger partial charge on any atom is 0.279 e. The van der Waals surface area contributed by atoms with E-state index < -0.39 is 15.9 Å². The maximum atomic E-state index is 13.2. The Kier molecular flexibility index (Phi) is 6.28. The van der Waals surface area contributed by atoms with E-state index in [9.17, 15) is 13.2 Å². The van der Waals surface area contributed by atoms with Gasteiger partial charge in [-0.25, -0.2) is 8.42 Å². The molecule has 3 aromatic carbocycles. The first-order valence-electron chi connectivity index (χ1n) is 10.9. The van der Waals surface area contributed by atoms with Crippen molar-refractivity contribution < 1.29 is 13.2 Å². The number of thiazole rings is 1. The Morgan fingerprint density at radius 3 is 2.50 bits per heavy atom. The smallest absolute Gasteiger partial charge is 0.279 e. The minimum atomic E-state index is -3.65. The lowest BCUT2D eigenvalue weighted by atomic mass is 10.0. The number of carbonyl (C=O) groups excluding carboxylic acids is 1. The molecule has 1 amide bonds. The minimum Gasteiger partial charge on any atom is -0.316 e. The quantitative estimate of drug-likeness (QED) is 0.356. The normalized spacial score (nSPS) is 14.9. The highest BCUT2D eigenvalue weighted by atomic mass is 79.9. The fourth-order valence-corrected chi connectivity index (χ4v) is 7.46. The molecule has 1 aliphatic heterocycles. The van der Waals surface area contributed by atoms with Crippen LogP contribution in [-0.4, -0.2) is 29.7 Å². The van der Waals surface area contributed by atoms with Crippen LogP contribution in [0.4, 0.5) is 0 Å². The third kappa shape index (κ3) is 4.17. The Morgan fingerprint density at radius 2 is 1.76 bits per heavy atom. The van der Waals surface area contributed by atoms with Gasteiger partial charge in [-0.15, -0.1) is 0 Å². The maximum absolute atomic E-state index is 13.2. The Hall–Kier alpha value is -2.59. The van der Waals surface area contributed by atoms with E-state index in [4.69, 9.17) is 0 Å². The molecule has 1 aliphatic rings. The monoisotopic (exact) mass is 555 g/mol. The first-order valence-corrected chi connectivity index (χ1v) is 14.0. The van der Waals surface area contributed by atoms with Gasteiger partial charge in [-0.2, -0.15) is 9.30 Å². The molecule has 6 nitrogen and oxygen atoms in total. The Morgan fingerprint density at radius 1 is 1.03 bits per heavy atom. The number of carbonyl (C=O) groups is 1. The van der Waals surface area contributed by atoms with Gasteiger partial charge in [-0.05, 0) is 76.8 Å². The van der Waals surface area contributed by atoms with Gasteiger partial charge in [0.15, 0.2) is 4.80 Å². The molecule has 174 valence electrons. The van der Waals surface area contributed by atoms with E-state index in [1.54, 1.807) is 0 Å². The number of nitrogens with zero attached hydrogens (tertiary/aromatic N) is 3. The van der Waals surface area contributed by atoms with Crippen molar-refractivity contribution in [2.75, 3.05) is 6.54 Å². The molecule has 0 saturated heterocycles. The second kappa shape index (κ2) is 9.22. The fraction of sp³-hybridized carbons (Fsp3) is 0.200. The zero-order valence-electron chi connectivity index (χ0n) is 18.4. The average Bonchev–Trinajstić information content (AvgIpc) is 3.22. The summed E-state index contributed by atoms with van der Waals surface area (Å²) >= 11 is 5.03. The van der Waals surface area contributed by atoms with Crippen molar-refractivity contribution in [3.8, 4) is 0 Å². The molecular weight excluding hydrogens is 534 g/mol. The van der Waals surface area contributed by atoms with Gasteiger partial charge in [0, 0.05) is 29.7 Å². The van der Waals surface area contributed by atoms with Gasteiger partial charge in [-0.3, -0.25) is 4.79 Å². The Labute approximate surface area is 210 Å². The van der Waals surface area contributed by atoms with Gasteiger partial charge in [0.25, 0.3) is 5.91 Å². The summed E-state index contributed by atoms with van der Waals surface area (Å²) in [5.74, 6) is -0.402. The lowest BCUT2D eigenvalue weighted by Gasteiger charge is -2.28. The van der Waals surface area contributed by atoms with Crippen molar-refractivity contribution in [3.63, 3.8) is 0 Å². The molecule has 0 N–H and O–H groups in total. The molecule has 0 fully saturated rings. The number of aromatic nitrogens is 1. The molecule has 2 heterocycles. The van der Waals surface area contributed by atoms with E-state index in [0.717, 1.165) is 20.3 Å². The third-order valence-electron chi connectivity index (χ3n) is 6.00. The van der Waals surface area contributed by atoms with Crippen LogP contribution in [0.5, 0.6) is 0 Å². The van der Waals surface area contributed by atoms with Gasteiger partial charge in [0.2, 0.25) is 10.0 Å². The minimum absolute atomic E-state index is 0.179. The van der Waals surface area contributed by atoms with E-state index in [0.29, 0.717) is 36.4 Å². The van der Waals surface area contributed by atoms with Crippen LogP contribution in [-0.2, 0) is 29.5 Å². The highest BCUT2D eigenvalue weighted by Crippen LogP contribution is 2.27. The van der Waals surface area contributed by atoms with Crippen LogP contribution in [0.1, 0.15) is 28.4 Å². The predicted molar refractivity (Wildman–Crippen MR) is 137 cm³/mol. The predicted octanol–water partition coefficient (Wildman–Crippen LogP) is 4.97. The second-order valence-electron chi connectivity index (χ2n) is 8.01. The first-order chi connectivity index (χ1) is 16.4. The fourth-order valence-electron chi connectivity index (χ4n) is 4.21. The number of para-hydroxylation sites is 1. The number of halogens is 1. The molecule has 34 heavy (non-hydrogen) atoms.